The largest absolute Gasteiger partial charge is 0.480 e. The molecular weight excluding hydrogens is 244 g/mol. The Hall–Kier alpha value is -1.10. The van der Waals surface area contributed by atoms with Gasteiger partial charge < -0.3 is 15.7 Å². The number of hydrogen-bond donors (Lipinski definition) is 2. The second-order valence-corrected chi connectivity index (χ2v) is 5.85. The van der Waals surface area contributed by atoms with Crippen molar-refractivity contribution in [1.82, 2.24) is 4.90 Å². The number of nitrogens with zero attached hydrogens (tertiary/aromatic N) is 1. The monoisotopic (exact) mass is 270 g/mol. The third-order valence-electron chi connectivity index (χ3n) is 4.16. The van der Waals surface area contributed by atoms with Gasteiger partial charge in [-0.3, -0.25) is 4.79 Å². The summed E-state index contributed by atoms with van der Waals surface area (Å²) in [7, 11) is 0. The van der Waals surface area contributed by atoms with Gasteiger partial charge in [0.1, 0.15) is 6.04 Å². The van der Waals surface area contributed by atoms with E-state index in [4.69, 9.17) is 5.73 Å². The molecule has 0 aromatic heterocycles. The number of aliphatic carboxylic acids is 1. The molecule has 3 N–H and O–H groups in total. The first-order chi connectivity index (χ1) is 8.86. The predicted octanol–water partition coefficient (Wildman–Crippen LogP) is 1.46. The van der Waals surface area contributed by atoms with Gasteiger partial charge in [0, 0.05) is 19.0 Å². The van der Waals surface area contributed by atoms with E-state index in [1.54, 1.807) is 0 Å². The third-order valence-corrected chi connectivity index (χ3v) is 4.16. The first-order valence-electron chi connectivity index (χ1n) is 7.14. The van der Waals surface area contributed by atoms with Crippen LogP contribution in [0.2, 0.25) is 0 Å². The molecule has 3 unspecified atom stereocenters. The van der Waals surface area contributed by atoms with E-state index in [1.807, 2.05) is 13.8 Å². The molecule has 0 aliphatic carbocycles. The van der Waals surface area contributed by atoms with E-state index in [9.17, 15) is 14.7 Å². The molecule has 0 bridgehead atoms. The standard InChI is InChI=1S/C14H26N2O3/c1-4-10-5-6-16(12(7-10)14(18)19)13(17)8-11(15)9(2)3/h9-12H,4-8,15H2,1-3H3,(H,18,19). The molecule has 1 amide bonds. The van der Waals surface area contributed by atoms with Crippen molar-refractivity contribution < 1.29 is 14.7 Å². The molecule has 5 nitrogen and oxygen atoms in total. The molecule has 1 aliphatic rings. The molecular formula is C14H26N2O3. The Balaban J connectivity index is 2.69. The van der Waals surface area contributed by atoms with Gasteiger partial charge in [0.05, 0.1) is 0 Å². The second-order valence-electron chi connectivity index (χ2n) is 5.85. The van der Waals surface area contributed by atoms with Gasteiger partial charge in [-0.25, -0.2) is 4.79 Å². The van der Waals surface area contributed by atoms with Crippen LogP contribution in [0.15, 0.2) is 0 Å². The molecule has 1 aliphatic heterocycles. The molecule has 1 rings (SSSR count). The lowest BCUT2D eigenvalue weighted by Crippen LogP contribution is -2.51. The van der Waals surface area contributed by atoms with Gasteiger partial charge in [-0.1, -0.05) is 27.2 Å². The Bertz CT molecular complexity index is 331. The van der Waals surface area contributed by atoms with Crippen LogP contribution >= 0.6 is 0 Å². The van der Waals surface area contributed by atoms with Gasteiger partial charge in [0.25, 0.3) is 0 Å². The van der Waals surface area contributed by atoms with Crippen molar-refractivity contribution in [2.75, 3.05) is 6.54 Å². The third kappa shape index (κ3) is 4.20. The second kappa shape index (κ2) is 6.89. The summed E-state index contributed by atoms with van der Waals surface area (Å²) in [6.45, 7) is 6.54. The van der Waals surface area contributed by atoms with Gasteiger partial charge >= 0.3 is 5.97 Å². The molecule has 3 atom stereocenters. The molecule has 0 saturated carbocycles. The highest BCUT2D eigenvalue weighted by Gasteiger charge is 2.35. The number of rotatable bonds is 5. The summed E-state index contributed by atoms with van der Waals surface area (Å²) in [6.07, 6.45) is 2.66. The zero-order valence-corrected chi connectivity index (χ0v) is 12.1. The van der Waals surface area contributed by atoms with Crippen molar-refractivity contribution in [3.05, 3.63) is 0 Å². The first-order valence-corrected chi connectivity index (χ1v) is 7.14. The quantitative estimate of drug-likeness (QED) is 0.792. The highest BCUT2D eigenvalue weighted by Crippen LogP contribution is 2.26. The zero-order valence-electron chi connectivity index (χ0n) is 12.1. The lowest BCUT2D eigenvalue weighted by molar-refractivity contribution is -0.153. The summed E-state index contributed by atoms with van der Waals surface area (Å²) < 4.78 is 0. The number of carboxylic acids is 1. The Morgan fingerprint density at radius 2 is 2.05 bits per heavy atom. The Labute approximate surface area is 115 Å². The molecule has 110 valence electrons. The number of hydrogen-bond acceptors (Lipinski definition) is 3. The average molecular weight is 270 g/mol. The summed E-state index contributed by atoms with van der Waals surface area (Å²) in [5.41, 5.74) is 5.90. The maximum Gasteiger partial charge on any atom is 0.326 e. The highest BCUT2D eigenvalue weighted by atomic mass is 16.4. The minimum absolute atomic E-state index is 0.122. The number of likely N-dealkylation sites (tertiary alicyclic amines) is 1. The van der Waals surface area contributed by atoms with Crippen LogP contribution in [0, 0.1) is 11.8 Å². The normalized spacial score (nSPS) is 25.4. The zero-order chi connectivity index (χ0) is 14.6. The van der Waals surface area contributed by atoms with Gasteiger partial charge in [-0.2, -0.15) is 0 Å². The number of carbonyl (C=O) groups excluding carboxylic acids is 1. The number of piperidine rings is 1. The van der Waals surface area contributed by atoms with Crippen LogP contribution in [0.1, 0.15) is 46.5 Å². The van der Waals surface area contributed by atoms with Crippen LogP contribution < -0.4 is 5.73 Å². The number of nitrogens with two attached hydrogens (primary N) is 1. The molecule has 5 heteroatoms. The van der Waals surface area contributed by atoms with Crippen molar-refractivity contribution in [3.63, 3.8) is 0 Å². The van der Waals surface area contributed by atoms with Crippen molar-refractivity contribution in [3.8, 4) is 0 Å². The molecule has 19 heavy (non-hydrogen) atoms. The maximum atomic E-state index is 12.2. The van der Waals surface area contributed by atoms with Crippen LogP contribution in [0.3, 0.4) is 0 Å². The van der Waals surface area contributed by atoms with E-state index in [-0.39, 0.29) is 24.3 Å². The van der Waals surface area contributed by atoms with Gasteiger partial charge in [0.2, 0.25) is 5.91 Å². The molecule has 0 aromatic rings. The predicted molar refractivity (Wildman–Crippen MR) is 73.6 cm³/mol. The van der Waals surface area contributed by atoms with Crippen molar-refractivity contribution >= 4 is 11.9 Å². The molecule has 1 heterocycles. The Kier molecular flexibility index (Phi) is 5.79. The van der Waals surface area contributed by atoms with E-state index in [0.717, 1.165) is 12.8 Å². The van der Waals surface area contributed by atoms with E-state index in [0.29, 0.717) is 18.9 Å². The van der Waals surface area contributed by atoms with Crippen LogP contribution in [0.5, 0.6) is 0 Å². The molecule has 0 radical (unpaired) electrons. The molecule has 1 saturated heterocycles. The average Bonchev–Trinajstić information content (AvgIpc) is 2.37. The topological polar surface area (TPSA) is 83.6 Å². The van der Waals surface area contributed by atoms with Crippen molar-refractivity contribution in [2.45, 2.75) is 58.5 Å². The minimum Gasteiger partial charge on any atom is -0.480 e. The molecule has 0 aromatic carbocycles. The summed E-state index contributed by atoms with van der Waals surface area (Å²) in [5.74, 6) is -0.392. The van der Waals surface area contributed by atoms with Crippen LogP contribution in [0.4, 0.5) is 0 Å². The fourth-order valence-electron chi connectivity index (χ4n) is 2.50. The minimum atomic E-state index is -0.899. The van der Waals surface area contributed by atoms with Crippen molar-refractivity contribution in [2.24, 2.45) is 17.6 Å². The smallest absolute Gasteiger partial charge is 0.326 e. The highest BCUT2D eigenvalue weighted by molar-refractivity contribution is 5.84. The number of carboxylic acid groups (broad SMARTS) is 1. The first kappa shape index (κ1) is 16.0. The maximum absolute atomic E-state index is 12.2. The van der Waals surface area contributed by atoms with Gasteiger partial charge in [0.15, 0.2) is 0 Å². The van der Waals surface area contributed by atoms with E-state index >= 15 is 0 Å². The van der Waals surface area contributed by atoms with Crippen LogP contribution in [-0.2, 0) is 9.59 Å². The lowest BCUT2D eigenvalue weighted by atomic mass is 9.88. The van der Waals surface area contributed by atoms with Crippen LogP contribution in [-0.4, -0.2) is 40.5 Å². The summed E-state index contributed by atoms with van der Waals surface area (Å²) >= 11 is 0. The lowest BCUT2D eigenvalue weighted by Gasteiger charge is -2.37. The van der Waals surface area contributed by atoms with E-state index < -0.39 is 12.0 Å². The fraction of sp³-hybridized carbons (Fsp3) is 0.857. The van der Waals surface area contributed by atoms with Crippen LogP contribution in [0.25, 0.3) is 0 Å². The number of amides is 1. The van der Waals surface area contributed by atoms with Gasteiger partial charge in [-0.05, 0) is 24.7 Å². The van der Waals surface area contributed by atoms with Gasteiger partial charge in [-0.15, -0.1) is 0 Å². The molecule has 0 spiro atoms. The Morgan fingerprint density at radius 3 is 2.53 bits per heavy atom. The molecule has 1 fully saturated rings. The van der Waals surface area contributed by atoms with E-state index in [2.05, 4.69) is 6.92 Å². The summed E-state index contributed by atoms with van der Waals surface area (Å²) in [5, 5.41) is 9.29. The summed E-state index contributed by atoms with van der Waals surface area (Å²) in [6, 6.07) is -0.878. The SMILES string of the molecule is CCC1CCN(C(=O)CC(N)C(C)C)C(C(=O)O)C1. The summed E-state index contributed by atoms with van der Waals surface area (Å²) in [4.78, 5) is 25.0. The van der Waals surface area contributed by atoms with E-state index in [1.165, 1.54) is 4.90 Å². The van der Waals surface area contributed by atoms with Crippen molar-refractivity contribution in [1.29, 1.82) is 0 Å². The fourth-order valence-corrected chi connectivity index (χ4v) is 2.50. The number of carbonyl (C=O) groups is 2. The Morgan fingerprint density at radius 1 is 1.42 bits per heavy atom.